The molecule has 4 heterocycles. The molecule has 8 nitrogen and oxygen atoms in total. The van der Waals surface area contributed by atoms with E-state index in [9.17, 15) is 9.59 Å². The number of aromatic nitrogens is 2. The molecule has 1 amide bonds. The average Bonchev–Trinajstić information content (AvgIpc) is 3.32. The lowest BCUT2D eigenvalue weighted by atomic mass is 10.1. The van der Waals surface area contributed by atoms with Gasteiger partial charge in [-0.05, 0) is 24.1 Å². The van der Waals surface area contributed by atoms with E-state index < -0.39 is 0 Å². The summed E-state index contributed by atoms with van der Waals surface area (Å²) in [5.74, 6) is 1.25. The van der Waals surface area contributed by atoms with Gasteiger partial charge in [0, 0.05) is 39.1 Å². The van der Waals surface area contributed by atoms with Gasteiger partial charge in [0.05, 0.1) is 18.5 Å². The molecule has 0 bridgehead atoms. The fourth-order valence-corrected chi connectivity index (χ4v) is 4.17. The van der Waals surface area contributed by atoms with Gasteiger partial charge in [-0.2, -0.15) is 0 Å². The number of piperazine rings is 1. The number of ether oxygens (including phenoxy) is 1. The largest absolute Gasteiger partial charge is 0.493 e. The molecule has 0 saturated carbocycles. The van der Waals surface area contributed by atoms with Crippen LogP contribution in [0.1, 0.15) is 27.2 Å². The Balaban J connectivity index is 1.28. The van der Waals surface area contributed by atoms with E-state index in [4.69, 9.17) is 9.15 Å². The van der Waals surface area contributed by atoms with Crippen LogP contribution in [0.25, 0.3) is 11.1 Å². The summed E-state index contributed by atoms with van der Waals surface area (Å²) >= 11 is 0. The molecule has 0 unspecified atom stereocenters. The first-order valence-corrected chi connectivity index (χ1v) is 9.83. The van der Waals surface area contributed by atoms with Gasteiger partial charge < -0.3 is 19.0 Å². The molecule has 2 aromatic heterocycles. The van der Waals surface area contributed by atoms with Crippen molar-refractivity contribution in [2.24, 2.45) is 0 Å². The molecule has 1 N–H and O–H groups in total. The van der Waals surface area contributed by atoms with Gasteiger partial charge in [0.15, 0.2) is 0 Å². The Kier molecular flexibility index (Phi) is 4.35. The van der Waals surface area contributed by atoms with Gasteiger partial charge in [-0.15, -0.1) is 0 Å². The van der Waals surface area contributed by atoms with Crippen molar-refractivity contribution < 1.29 is 13.9 Å². The summed E-state index contributed by atoms with van der Waals surface area (Å²) in [6.07, 6.45) is 2.25. The standard InChI is InChI=1S/C21H22N4O4/c1-13-17(18-19(26)22-12-23-20(18)29-13)21(27)25-7-5-24(6-8-25)11-14-2-3-16-15(10-14)4-9-28-16/h2-3,10,12H,4-9,11H2,1H3,(H,22,23,26). The highest BCUT2D eigenvalue weighted by Crippen LogP contribution is 2.27. The van der Waals surface area contributed by atoms with E-state index in [0.29, 0.717) is 24.4 Å². The van der Waals surface area contributed by atoms with Gasteiger partial charge in [0.1, 0.15) is 16.9 Å². The first-order chi connectivity index (χ1) is 14.1. The summed E-state index contributed by atoms with van der Waals surface area (Å²) in [6, 6.07) is 6.39. The number of fused-ring (bicyclic) bond motifs is 2. The zero-order chi connectivity index (χ0) is 20.0. The SMILES string of the molecule is Cc1oc2nc[nH]c(=O)c2c1C(=O)N1CCN(Cc2ccc3c(c2)CCO3)CC1. The Morgan fingerprint density at radius 1 is 1.24 bits per heavy atom. The number of hydrogen-bond acceptors (Lipinski definition) is 6. The molecular formula is C21H22N4O4. The Hall–Kier alpha value is -3.13. The van der Waals surface area contributed by atoms with Crippen molar-refractivity contribution in [1.29, 1.82) is 0 Å². The lowest BCUT2D eigenvalue weighted by Crippen LogP contribution is -2.48. The fourth-order valence-electron chi connectivity index (χ4n) is 4.17. The van der Waals surface area contributed by atoms with Crippen molar-refractivity contribution in [3.05, 3.63) is 57.3 Å². The smallest absolute Gasteiger partial charge is 0.262 e. The molecule has 1 aromatic carbocycles. The van der Waals surface area contributed by atoms with Crippen LogP contribution in [0.5, 0.6) is 5.75 Å². The van der Waals surface area contributed by atoms with Gasteiger partial charge in [0.25, 0.3) is 11.5 Å². The van der Waals surface area contributed by atoms with Gasteiger partial charge in [-0.25, -0.2) is 4.98 Å². The minimum Gasteiger partial charge on any atom is -0.493 e. The van der Waals surface area contributed by atoms with Crippen LogP contribution in [-0.2, 0) is 13.0 Å². The van der Waals surface area contributed by atoms with Crippen molar-refractivity contribution in [2.45, 2.75) is 19.9 Å². The number of carbonyl (C=O) groups excluding carboxylic acids is 1. The van der Waals surface area contributed by atoms with Crippen LogP contribution in [0, 0.1) is 6.92 Å². The van der Waals surface area contributed by atoms with Gasteiger partial charge in [0.2, 0.25) is 5.71 Å². The predicted octanol–water partition coefficient (Wildman–Crippen LogP) is 1.72. The number of nitrogens with one attached hydrogen (secondary N) is 1. The van der Waals surface area contributed by atoms with E-state index in [-0.39, 0.29) is 22.6 Å². The number of aryl methyl sites for hydroxylation is 1. The maximum Gasteiger partial charge on any atom is 0.262 e. The second kappa shape index (κ2) is 7.04. The van der Waals surface area contributed by atoms with Crippen LogP contribution in [0.15, 0.2) is 33.7 Å². The molecule has 3 aromatic rings. The minimum absolute atomic E-state index is 0.172. The second-order valence-electron chi connectivity index (χ2n) is 7.55. The van der Waals surface area contributed by atoms with Crippen molar-refractivity contribution in [3.63, 3.8) is 0 Å². The number of aromatic amines is 1. The average molecular weight is 394 g/mol. The summed E-state index contributed by atoms with van der Waals surface area (Å²) in [5.41, 5.74) is 2.71. The third-order valence-electron chi connectivity index (χ3n) is 5.70. The molecule has 1 fully saturated rings. The maximum atomic E-state index is 13.1. The summed E-state index contributed by atoms with van der Waals surface area (Å²) in [4.78, 5) is 36.0. The van der Waals surface area contributed by atoms with Gasteiger partial charge in [-0.3, -0.25) is 14.5 Å². The monoisotopic (exact) mass is 394 g/mol. The third-order valence-corrected chi connectivity index (χ3v) is 5.70. The predicted molar refractivity (Wildman–Crippen MR) is 106 cm³/mol. The zero-order valence-corrected chi connectivity index (χ0v) is 16.2. The van der Waals surface area contributed by atoms with Crippen molar-refractivity contribution in [3.8, 4) is 5.75 Å². The number of furan rings is 1. The van der Waals surface area contributed by atoms with Crippen molar-refractivity contribution >= 4 is 17.0 Å². The molecule has 150 valence electrons. The highest BCUT2D eigenvalue weighted by atomic mass is 16.5. The third kappa shape index (κ3) is 3.19. The Morgan fingerprint density at radius 3 is 2.90 bits per heavy atom. The Morgan fingerprint density at radius 2 is 2.07 bits per heavy atom. The first-order valence-electron chi connectivity index (χ1n) is 9.83. The topological polar surface area (TPSA) is 91.7 Å². The molecule has 0 atom stereocenters. The van der Waals surface area contributed by atoms with E-state index in [1.165, 1.54) is 17.5 Å². The second-order valence-corrected chi connectivity index (χ2v) is 7.55. The van der Waals surface area contributed by atoms with Gasteiger partial charge in [-0.1, -0.05) is 12.1 Å². The highest BCUT2D eigenvalue weighted by Gasteiger charge is 2.28. The number of carbonyl (C=O) groups is 1. The zero-order valence-electron chi connectivity index (χ0n) is 16.2. The lowest BCUT2D eigenvalue weighted by molar-refractivity contribution is 0.0628. The summed E-state index contributed by atoms with van der Waals surface area (Å²) < 4.78 is 11.1. The minimum atomic E-state index is -0.352. The molecule has 0 aliphatic carbocycles. The van der Waals surface area contributed by atoms with Crippen LogP contribution in [0.2, 0.25) is 0 Å². The maximum absolute atomic E-state index is 13.1. The first kappa shape index (κ1) is 17.9. The number of nitrogens with zero attached hydrogens (tertiary/aromatic N) is 3. The molecule has 5 rings (SSSR count). The molecule has 1 saturated heterocycles. The van der Waals surface area contributed by atoms with E-state index in [2.05, 4.69) is 33.1 Å². The van der Waals surface area contributed by atoms with Crippen LogP contribution < -0.4 is 10.3 Å². The van der Waals surface area contributed by atoms with Crippen molar-refractivity contribution in [2.75, 3.05) is 32.8 Å². The number of hydrogen-bond donors (Lipinski definition) is 1. The number of H-pyrrole nitrogens is 1. The summed E-state index contributed by atoms with van der Waals surface area (Å²) in [5, 5.41) is 0.234. The highest BCUT2D eigenvalue weighted by molar-refractivity contribution is 6.06. The lowest BCUT2D eigenvalue weighted by Gasteiger charge is -2.34. The van der Waals surface area contributed by atoms with Crippen LogP contribution >= 0.6 is 0 Å². The molecule has 0 radical (unpaired) electrons. The molecule has 2 aliphatic rings. The van der Waals surface area contributed by atoms with Gasteiger partial charge >= 0.3 is 0 Å². The Bertz CT molecular complexity index is 1140. The van der Waals surface area contributed by atoms with Crippen molar-refractivity contribution in [1.82, 2.24) is 19.8 Å². The number of rotatable bonds is 3. The van der Waals surface area contributed by atoms with Crippen LogP contribution in [-0.4, -0.2) is 58.5 Å². The quantitative estimate of drug-likeness (QED) is 0.727. The van der Waals surface area contributed by atoms with Crippen LogP contribution in [0.4, 0.5) is 0 Å². The van der Waals surface area contributed by atoms with E-state index in [1.54, 1.807) is 11.8 Å². The fraction of sp³-hybridized carbons (Fsp3) is 0.381. The van der Waals surface area contributed by atoms with E-state index in [1.807, 2.05) is 0 Å². The summed E-state index contributed by atoms with van der Waals surface area (Å²) in [7, 11) is 0. The summed E-state index contributed by atoms with van der Waals surface area (Å²) in [6.45, 7) is 6.09. The molecule has 2 aliphatic heterocycles. The van der Waals surface area contributed by atoms with E-state index in [0.717, 1.165) is 38.4 Å². The Labute approximate surface area is 167 Å². The van der Waals surface area contributed by atoms with E-state index >= 15 is 0 Å². The number of benzene rings is 1. The molecule has 29 heavy (non-hydrogen) atoms. The molecule has 0 spiro atoms. The normalized spacial score (nSPS) is 16.8. The molecule has 8 heteroatoms. The number of amides is 1. The van der Waals surface area contributed by atoms with Crippen LogP contribution in [0.3, 0.4) is 0 Å². The molecular weight excluding hydrogens is 372 g/mol.